The zero-order valence-electron chi connectivity index (χ0n) is 10.5. The molecule has 0 saturated heterocycles. The molecule has 0 aliphatic carbocycles. The molecule has 108 valence electrons. The Morgan fingerprint density at radius 3 is 2.50 bits per heavy atom. The van der Waals surface area contributed by atoms with Crippen molar-refractivity contribution in [1.82, 2.24) is 5.32 Å². The maximum atomic E-state index is 11.7. The second kappa shape index (κ2) is 7.64. The molecule has 1 atom stereocenters. The predicted octanol–water partition coefficient (Wildman–Crippen LogP) is 1.43. The van der Waals surface area contributed by atoms with Crippen LogP contribution in [0.1, 0.15) is 18.4 Å². The van der Waals surface area contributed by atoms with Gasteiger partial charge in [0.15, 0.2) is 0 Å². The number of nitrogens with one attached hydrogen (secondary N) is 1. The van der Waals surface area contributed by atoms with E-state index in [-0.39, 0.29) is 19.3 Å². The number of carbonyl (C=O) groups excluding carboxylic acids is 1. The summed E-state index contributed by atoms with van der Waals surface area (Å²) >= 11 is 3.28. The Kier molecular flexibility index (Phi) is 6.17. The van der Waals surface area contributed by atoms with Gasteiger partial charge in [-0.15, -0.1) is 0 Å². The summed E-state index contributed by atoms with van der Waals surface area (Å²) in [6.07, 6.45) is -0.417. The van der Waals surface area contributed by atoms with E-state index in [1.807, 2.05) is 6.07 Å². The fourth-order valence-corrected chi connectivity index (χ4v) is 2.05. The van der Waals surface area contributed by atoms with Crippen molar-refractivity contribution < 1.29 is 24.6 Å². The lowest BCUT2D eigenvalue weighted by molar-refractivity contribution is -0.143. The molecule has 1 rings (SSSR count). The van der Waals surface area contributed by atoms with Gasteiger partial charge in [-0.25, -0.2) is 4.79 Å². The molecule has 0 aromatic heterocycles. The van der Waals surface area contributed by atoms with Crippen molar-refractivity contribution in [3.8, 4) is 0 Å². The van der Waals surface area contributed by atoms with E-state index in [0.717, 1.165) is 10.0 Å². The largest absolute Gasteiger partial charge is 0.481 e. The van der Waals surface area contributed by atoms with E-state index in [9.17, 15) is 14.4 Å². The van der Waals surface area contributed by atoms with Crippen LogP contribution in [0.2, 0.25) is 0 Å². The molecule has 3 N–H and O–H groups in total. The third-order valence-electron chi connectivity index (χ3n) is 2.53. The van der Waals surface area contributed by atoms with Crippen molar-refractivity contribution in [2.24, 2.45) is 0 Å². The Hall–Kier alpha value is -1.89. The molecule has 1 aromatic carbocycles. The number of amides is 1. The van der Waals surface area contributed by atoms with E-state index >= 15 is 0 Å². The first-order valence-electron chi connectivity index (χ1n) is 5.87. The monoisotopic (exact) mass is 343 g/mol. The van der Waals surface area contributed by atoms with E-state index in [2.05, 4.69) is 21.2 Å². The number of hydrogen-bond acceptors (Lipinski definition) is 3. The SMILES string of the molecule is O=C(O)CCC(NC(=O)Cc1cccc(Br)c1)C(=O)O. The molecule has 0 saturated carbocycles. The summed E-state index contributed by atoms with van der Waals surface area (Å²) in [4.78, 5) is 33.1. The zero-order chi connectivity index (χ0) is 15.1. The second-order valence-electron chi connectivity index (χ2n) is 4.20. The molecule has 0 aliphatic heterocycles. The Labute approximate surface area is 123 Å². The summed E-state index contributed by atoms with van der Waals surface area (Å²) in [5.41, 5.74) is 0.735. The second-order valence-corrected chi connectivity index (χ2v) is 5.11. The number of carboxylic acids is 2. The molecule has 0 heterocycles. The van der Waals surface area contributed by atoms with Crippen molar-refractivity contribution in [3.63, 3.8) is 0 Å². The first-order valence-corrected chi connectivity index (χ1v) is 6.66. The quantitative estimate of drug-likeness (QED) is 0.694. The van der Waals surface area contributed by atoms with Crippen LogP contribution in [0.3, 0.4) is 0 Å². The van der Waals surface area contributed by atoms with E-state index in [1.165, 1.54) is 0 Å². The maximum absolute atomic E-state index is 11.7. The van der Waals surface area contributed by atoms with Gasteiger partial charge in [0.2, 0.25) is 5.91 Å². The van der Waals surface area contributed by atoms with Crippen LogP contribution in [0.25, 0.3) is 0 Å². The van der Waals surface area contributed by atoms with Crippen LogP contribution in [0, 0.1) is 0 Å². The number of benzene rings is 1. The van der Waals surface area contributed by atoms with Crippen molar-refractivity contribution in [2.45, 2.75) is 25.3 Å². The van der Waals surface area contributed by atoms with Crippen LogP contribution >= 0.6 is 15.9 Å². The third kappa shape index (κ3) is 5.83. The Morgan fingerprint density at radius 1 is 1.25 bits per heavy atom. The van der Waals surface area contributed by atoms with E-state index in [1.54, 1.807) is 18.2 Å². The Bertz CT molecular complexity index is 517. The fraction of sp³-hybridized carbons (Fsp3) is 0.308. The minimum atomic E-state index is -1.24. The highest BCUT2D eigenvalue weighted by Crippen LogP contribution is 2.12. The number of aliphatic carboxylic acids is 2. The highest BCUT2D eigenvalue weighted by molar-refractivity contribution is 9.10. The normalized spacial score (nSPS) is 11.7. The average Bonchev–Trinajstić information content (AvgIpc) is 2.33. The van der Waals surface area contributed by atoms with Crippen LogP contribution in [0.4, 0.5) is 0 Å². The molecule has 7 heteroatoms. The average molecular weight is 344 g/mol. The number of hydrogen-bond donors (Lipinski definition) is 3. The van der Waals surface area contributed by atoms with Gasteiger partial charge in [0, 0.05) is 10.9 Å². The van der Waals surface area contributed by atoms with E-state index < -0.39 is 23.9 Å². The molecule has 1 unspecified atom stereocenters. The molecular weight excluding hydrogens is 330 g/mol. The summed E-state index contributed by atoms with van der Waals surface area (Å²) in [6, 6.07) is 5.90. The highest BCUT2D eigenvalue weighted by Gasteiger charge is 2.20. The standard InChI is InChI=1S/C13H14BrNO5/c14-9-3-1-2-8(6-9)7-11(16)15-10(13(19)20)4-5-12(17)18/h1-3,6,10H,4-5,7H2,(H,15,16)(H,17,18)(H,19,20). The summed E-state index contributed by atoms with van der Waals surface area (Å²) in [7, 11) is 0. The van der Waals surface area contributed by atoms with Gasteiger partial charge in [0.25, 0.3) is 0 Å². The topological polar surface area (TPSA) is 104 Å². The molecular formula is C13H14BrNO5. The number of carboxylic acid groups (broad SMARTS) is 2. The van der Waals surface area contributed by atoms with Crippen LogP contribution in [0.5, 0.6) is 0 Å². The van der Waals surface area contributed by atoms with Crippen molar-refractivity contribution in [1.29, 1.82) is 0 Å². The smallest absolute Gasteiger partial charge is 0.326 e. The molecule has 0 aliphatic rings. The van der Waals surface area contributed by atoms with Gasteiger partial charge in [-0.1, -0.05) is 28.1 Å². The summed E-state index contributed by atoms with van der Waals surface area (Å²) < 4.78 is 0.823. The lowest BCUT2D eigenvalue weighted by Gasteiger charge is -2.13. The molecule has 20 heavy (non-hydrogen) atoms. The lowest BCUT2D eigenvalue weighted by atomic mass is 10.1. The number of carbonyl (C=O) groups is 3. The van der Waals surface area contributed by atoms with Gasteiger partial charge in [0.05, 0.1) is 6.42 Å². The van der Waals surface area contributed by atoms with Crippen molar-refractivity contribution in [2.75, 3.05) is 0 Å². The van der Waals surface area contributed by atoms with Gasteiger partial charge in [0.1, 0.15) is 6.04 Å². The number of halogens is 1. The first kappa shape index (κ1) is 16.2. The lowest BCUT2D eigenvalue weighted by Crippen LogP contribution is -2.41. The van der Waals surface area contributed by atoms with Gasteiger partial charge >= 0.3 is 11.9 Å². The highest BCUT2D eigenvalue weighted by atomic mass is 79.9. The fourth-order valence-electron chi connectivity index (χ4n) is 1.60. The van der Waals surface area contributed by atoms with Gasteiger partial charge in [-0.3, -0.25) is 9.59 Å². The third-order valence-corrected chi connectivity index (χ3v) is 3.03. The zero-order valence-corrected chi connectivity index (χ0v) is 12.1. The van der Waals surface area contributed by atoms with Crippen molar-refractivity contribution >= 4 is 33.8 Å². The van der Waals surface area contributed by atoms with E-state index in [0.29, 0.717) is 0 Å². The van der Waals surface area contributed by atoms with Crippen LogP contribution in [-0.4, -0.2) is 34.1 Å². The minimum Gasteiger partial charge on any atom is -0.481 e. The summed E-state index contributed by atoms with van der Waals surface area (Å²) in [5.74, 6) is -2.80. The first-order chi connectivity index (χ1) is 9.38. The Balaban J connectivity index is 2.57. The van der Waals surface area contributed by atoms with Crippen LogP contribution in [-0.2, 0) is 20.8 Å². The molecule has 0 fully saturated rings. The van der Waals surface area contributed by atoms with Crippen molar-refractivity contribution in [3.05, 3.63) is 34.3 Å². The molecule has 1 amide bonds. The van der Waals surface area contributed by atoms with Gasteiger partial charge in [-0.05, 0) is 24.1 Å². The minimum absolute atomic E-state index is 0.0380. The molecule has 0 spiro atoms. The molecule has 1 aromatic rings. The molecule has 0 radical (unpaired) electrons. The van der Waals surface area contributed by atoms with Gasteiger partial charge in [-0.2, -0.15) is 0 Å². The van der Waals surface area contributed by atoms with Gasteiger partial charge < -0.3 is 15.5 Å². The maximum Gasteiger partial charge on any atom is 0.326 e. The number of rotatable bonds is 7. The van der Waals surface area contributed by atoms with Crippen LogP contribution in [0.15, 0.2) is 28.7 Å². The molecule has 6 nitrogen and oxygen atoms in total. The molecule has 0 bridgehead atoms. The van der Waals surface area contributed by atoms with Crippen LogP contribution < -0.4 is 5.32 Å². The van der Waals surface area contributed by atoms with E-state index in [4.69, 9.17) is 10.2 Å². The summed E-state index contributed by atoms with van der Waals surface area (Å²) in [6.45, 7) is 0. The Morgan fingerprint density at radius 2 is 1.95 bits per heavy atom. The predicted molar refractivity (Wildman–Crippen MR) is 74.3 cm³/mol. The summed E-state index contributed by atoms with van der Waals surface area (Å²) in [5, 5.41) is 19.8.